The van der Waals surface area contributed by atoms with Gasteiger partial charge in [-0.1, -0.05) is 24.3 Å². The van der Waals surface area contributed by atoms with Crippen molar-refractivity contribution in [3.8, 4) is 5.75 Å². The lowest BCUT2D eigenvalue weighted by molar-refractivity contribution is -0.143. The number of thiazole rings is 1. The molecule has 2 aromatic carbocycles. The lowest BCUT2D eigenvalue weighted by Crippen LogP contribution is -2.39. The molecule has 4 rings (SSSR count). The molecule has 6 heteroatoms. The van der Waals surface area contributed by atoms with Gasteiger partial charge < -0.3 is 9.84 Å². The number of rotatable bonds is 5. The number of hydrogen-bond acceptors (Lipinski definition) is 5. The van der Waals surface area contributed by atoms with Crippen molar-refractivity contribution in [1.82, 2.24) is 9.88 Å². The molecule has 0 radical (unpaired) electrons. The summed E-state index contributed by atoms with van der Waals surface area (Å²) in [6, 6.07) is 16.3. The quantitative estimate of drug-likeness (QED) is 0.717. The van der Waals surface area contributed by atoms with Gasteiger partial charge in [0.25, 0.3) is 0 Å². The van der Waals surface area contributed by atoms with Gasteiger partial charge in [0.05, 0.1) is 29.3 Å². The fraction of sp³-hybridized carbons (Fsp3) is 0.333. The van der Waals surface area contributed by atoms with Gasteiger partial charge in [-0.25, -0.2) is 4.98 Å². The van der Waals surface area contributed by atoms with Crippen LogP contribution in [0.1, 0.15) is 29.5 Å². The van der Waals surface area contributed by atoms with Crippen LogP contribution in [0.3, 0.4) is 0 Å². The first-order valence-corrected chi connectivity index (χ1v) is 9.93. The maximum absolute atomic E-state index is 11.3. The van der Waals surface area contributed by atoms with E-state index in [0.29, 0.717) is 12.8 Å². The number of carbonyl (C=O) groups is 1. The number of aromatic nitrogens is 1. The molecule has 140 valence electrons. The van der Waals surface area contributed by atoms with E-state index in [2.05, 4.69) is 23.1 Å². The summed E-state index contributed by atoms with van der Waals surface area (Å²) in [7, 11) is 1.67. The van der Waals surface area contributed by atoms with Crippen LogP contribution in [0.15, 0.2) is 48.5 Å². The van der Waals surface area contributed by atoms with E-state index in [1.807, 2.05) is 30.3 Å². The number of methoxy groups -OCH3 is 1. The van der Waals surface area contributed by atoms with Crippen LogP contribution in [0.2, 0.25) is 0 Å². The predicted octanol–water partition coefficient (Wildman–Crippen LogP) is 4.19. The fourth-order valence-corrected chi connectivity index (χ4v) is 4.86. The summed E-state index contributed by atoms with van der Waals surface area (Å²) in [5.74, 6) is -0.117. The topological polar surface area (TPSA) is 62.7 Å². The highest BCUT2D eigenvalue weighted by Crippen LogP contribution is 2.37. The first-order chi connectivity index (χ1) is 13.2. The largest absolute Gasteiger partial charge is 0.497 e. The van der Waals surface area contributed by atoms with Crippen molar-refractivity contribution in [2.45, 2.75) is 18.9 Å². The Morgan fingerprint density at radius 2 is 2.00 bits per heavy atom. The highest BCUT2D eigenvalue weighted by molar-refractivity contribution is 7.18. The van der Waals surface area contributed by atoms with Crippen LogP contribution in [-0.4, -0.2) is 41.2 Å². The zero-order valence-corrected chi connectivity index (χ0v) is 16.0. The number of hydrogen-bond donors (Lipinski definition) is 1. The third-order valence-corrected chi connectivity index (χ3v) is 6.29. The molecular weight excluding hydrogens is 360 g/mol. The number of benzene rings is 2. The Bertz CT molecular complexity index is 914. The van der Waals surface area contributed by atoms with E-state index >= 15 is 0 Å². The zero-order valence-electron chi connectivity index (χ0n) is 15.2. The van der Waals surface area contributed by atoms with Gasteiger partial charge in [-0.2, -0.15) is 0 Å². The summed E-state index contributed by atoms with van der Waals surface area (Å²) < 4.78 is 6.59. The molecule has 1 fully saturated rings. The minimum atomic E-state index is -0.687. The van der Waals surface area contributed by atoms with Crippen LogP contribution in [0.25, 0.3) is 10.2 Å². The van der Waals surface area contributed by atoms with Crippen molar-refractivity contribution in [3.05, 3.63) is 59.1 Å². The van der Waals surface area contributed by atoms with Crippen molar-refractivity contribution < 1.29 is 14.6 Å². The molecule has 1 aliphatic heterocycles. The maximum Gasteiger partial charge on any atom is 0.306 e. The maximum atomic E-state index is 11.3. The van der Waals surface area contributed by atoms with Crippen molar-refractivity contribution in [2.24, 2.45) is 5.92 Å². The minimum Gasteiger partial charge on any atom is -0.497 e. The Morgan fingerprint density at radius 3 is 2.70 bits per heavy atom. The molecule has 0 aliphatic carbocycles. The Morgan fingerprint density at radius 1 is 1.22 bits per heavy atom. The number of aliphatic carboxylic acids is 1. The Hall–Kier alpha value is -2.44. The van der Waals surface area contributed by atoms with Gasteiger partial charge in [-0.3, -0.25) is 9.69 Å². The van der Waals surface area contributed by atoms with E-state index in [1.165, 1.54) is 4.70 Å². The molecule has 27 heavy (non-hydrogen) atoms. The molecule has 1 unspecified atom stereocenters. The van der Waals surface area contributed by atoms with Crippen LogP contribution in [-0.2, 0) is 4.79 Å². The first kappa shape index (κ1) is 17.9. The average Bonchev–Trinajstić information content (AvgIpc) is 3.12. The van der Waals surface area contributed by atoms with Crippen molar-refractivity contribution in [2.75, 3.05) is 20.2 Å². The number of likely N-dealkylation sites (tertiary alicyclic amines) is 1. The van der Waals surface area contributed by atoms with Crippen LogP contribution < -0.4 is 4.74 Å². The summed E-state index contributed by atoms with van der Waals surface area (Å²) in [5, 5.41) is 10.4. The van der Waals surface area contributed by atoms with E-state index in [1.54, 1.807) is 18.4 Å². The molecule has 0 bridgehead atoms. The van der Waals surface area contributed by atoms with E-state index in [-0.39, 0.29) is 12.0 Å². The molecule has 2 heterocycles. The zero-order chi connectivity index (χ0) is 18.8. The molecule has 1 saturated heterocycles. The number of nitrogens with zero attached hydrogens (tertiary/aromatic N) is 2. The monoisotopic (exact) mass is 382 g/mol. The molecular formula is C21H22N2O3S. The van der Waals surface area contributed by atoms with Crippen molar-refractivity contribution in [3.63, 3.8) is 0 Å². The van der Waals surface area contributed by atoms with E-state index in [9.17, 15) is 9.90 Å². The molecule has 5 nitrogen and oxygen atoms in total. The molecule has 1 atom stereocenters. The normalized spacial score (nSPS) is 17.1. The fourth-order valence-electron chi connectivity index (χ4n) is 3.73. The number of ether oxygens (including phenoxy) is 1. The Labute approximate surface area is 162 Å². The second kappa shape index (κ2) is 7.66. The third-order valence-electron chi connectivity index (χ3n) is 5.20. The minimum absolute atomic E-state index is 0.00671. The van der Waals surface area contributed by atoms with Gasteiger partial charge >= 0.3 is 5.97 Å². The molecule has 0 spiro atoms. The van der Waals surface area contributed by atoms with Gasteiger partial charge in [0.2, 0.25) is 0 Å². The van der Waals surface area contributed by atoms with Crippen LogP contribution >= 0.6 is 11.3 Å². The van der Waals surface area contributed by atoms with Gasteiger partial charge in [-0.15, -0.1) is 11.3 Å². The third kappa shape index (κ3) is 3.68. The number of fused-ring (bicyclic) bond motifs is 1. The smallest absolute Gasteiger partial charge is 0.306 e. The average molecular weight is 382 g/mol. The molecule has 0 amide bonds. The second-order valence-electron chi connectivity index (χ2n) is 6.85. The van der Waals surface area contributed by atoms with E-state index < -0.39 is 5.97 Å². The lowest BCUT2D eigenvalue weighted by atomic mass is 9.94. The van der Waals surface area contributed by atoms with Crippen molar-refractivity contribution in [1.29, 1.82) is 0 Å². The van der Waals surface area contributed by atoms with E-state index in [0.717, 1.165) is 34.9 Å². The summed E-state index contributed by atoms with van der Waals surface area (Å²) in [6.45, 7) is 1.49. The standard InChI is InChI=1S/C21H22N2O3S/c1-26-16-6-4-5-15(13-16)19(23-11-9-14(10-12-23)21(24)25)20-22-17-7-2-3-8-18(17)27-20/h2-8,13-14,19H,9-12H2,1H3,(H,24,25). The van der Waals surface area contributed by atoms with Gasteiger partial charge in [-0.05, 0) is 55.8 Å². The second-order valence-corrected chi connectivity index (χ2v) is 7.91. The van der Waals surface area contributed by atoms with Crippen molar-refractivity contribution >= 4 is 27.5 Å². The SMILES string of the molecule is COc1cccc(C(c2nc3ccccc3s2)N2CCC(C(=O)O)CC2)c1. The number of para-hydroxylation sites is 1. The number of carboxylic acid groups (broad SMARTS) is 1. The molecule has 1 N–H and O–H groups in total. The molecule has 3 aromatic rings. The van der Waals surface area contributed by atoms with E-state index in [4.69, 9.17) is 9.72 Å². The Kier molecular flexibility index (Phi) is 5.09. The summed E-state index contributed by atoms with van der Waals surface area (Å²) in [6.07, 6.45) is 1.33. The summed E-state index contributed by atoms with van der Waals surface area (Å²) in [4.78, 5) is 18.6. The lowest BCUT2D eigenvalue weighted by Gasteiger charge is -2.35. The van der Waals surface area contributed by atoms with Crippen LogP contribution in [0, 0.1) is 5.92 Å². The number of carboxylic acids is 1. The molecule has 0 saturated carbocycles. The van der Waals surface area contributed by atoms with Crippen LogP contribution in [0.4, 0.5) is 0 Å². The molecule has 1 aliphatic rings. The van der Waals surface area contributed by atoms with Crippen LogP contribution in [0.5, 0.6) is 5.75 Å². The summed E-state index contributed by atoms with van der Waals surface area (Å²) in [5.41, 5.74) is 2.13. The van der Waals surface area contributed by atoms with Gasteiger partial charge in [0.1, 0.15) is 10.8 Å². The first-order valence-electron chi connectivity index (χ1n) is 9.12. The van der Waals surface area contributed by atoms with Gasteiger partial charge in [0.15, 0.2) is 0 Å². The summed E-state index contributed by atoms with van der Waals surface area (Å²) >= 11 is 1.70. The molecule has 1 aromatic heterocycles. The highest BCUT2D eigenvalue weighted by atomic mass is 32.1. The number of piperidine rings is 1. The highest BCUT2D eigenvalue weighted by Gasteiger charge is 2.32. The predicted molar refractivity (Wildman–Crippen MR) is 106 cm³/mol. The Balaban J connectivity index is 1.72. The van der Waals surface area contributed by atoms with Gasteiger partial charge in [0, 0.05) is 0 Å².